The summed E-state index contributed by atoms with van der Waals surface area (Å²) in [4.78, 5) is 34.9. The van der Waals surface area contributed by atoms with E-state index in [4.69, 9.17) is 19.0 Å². The van der Waals surface area contributed by atoms with Crippen LogP contribution in [-0.2, 0) is 37.1 Å². The van der Waals surface area contributed by atoms with Crippen molar-refractivity contribution in [2.24, 2.45) is 5.92 Å². The first kappa shape index (κ1) is 23.2. The molecular formula is C25H30N2O6. The smallest absolute Gasteiger partial charge is 0.337 e. The first-order chi connectivity index (χ1) is 15.9. The van der Waals surface area contributed by atoms with Gasteiger partial charge in [0.15, 0.2) is 5.54 Å². The topological polar surface area (TPSA) is 77.5 Å². The molecule has 0 bridgehead atoms. The van der Waals surface area contributed by atoms with E-state index in [1.165, 1.54) is 7.11 Å². The molecule has 2 fully saturated rings. The maximum Gasteiger partial charge on any atom is 0.337 e. The van der Waals surface area contributed by atoms with Crippen LogP contribution < -0.4 is 4.74 Å². The summed E-state index contributed by atoms with van der Waals surface area (Å²) in [6.45, 7) is 2.63. The molecule has 8 heteroatoms. The molecular weight excluding hydrogens is 424 g/mol. The molecule has 1 amide bonds. The standard InChI is InChI=1S/C25H30N2O6/c1-24-21(15-26(2)33-24)22(28)27(14-18-10-12-20(30-3)13-11-18)25(24,23(29)31-4)17-32-16-19-8-6-5-7-9-19/h5-13,21H,14-17H2,1-4H3/t21-,24-,25+/m1/s1. The van der Waals surface area contributed by atoms with Crippen LogP contribution in [0.3, 0.4) is 0 Å². The van der Waals surface area contributed by atoms with Crippen LogP contribution in [-0.4, -0.2) is 67.4 Å². The minimum absolute atomic E-state index is 0.0582. The Labute approximate surface area is 193 Å². The average molecular weight is 455 g/mol. The number of hydrogen-bond acceptors (Lipinski definition) is 7. The van der Waals surface area contributed by atoms with E-state index < -0.39 is 23.0 Å². The Kier molecular flexibility index (Phi) is 6.43. The Morgan fingerprint density at radius 3 is 2.42 bits per heavy atom. The number of hydroxylamine groups is 2. The van der Waals surface area contributed by atoms with Gasteiger partial charge in [-0.1, -0.05) is 42.5 Å². The van der Waals surface area contributed by atoms with Gasteiger partial charge in [0.05, 0.1) is 33.4 Å². The average Bonchev–Trinajstić information content (AvgIpc) is 3.22. The molecule has 4 rings (SSSR count). The highest BCUT2D eigenvalue weighted by Crippen LogP contribution is 2.51. The number of likely N-dealkylation sites (tertiary alicyclic amines) is 1. The van der Waals surface area contributed by atoms with E-state index in [1.807, 2.05) is 54.6 Å². The Balaban J connectivity index is 1.71. The zero-order valence-electron chi connectivity index (χ0n) is 19.4. The summed E-state index contributed by atoms with van der Waals surface area (Å²) in [6, 6.07) is 17.1. The van der Waals surface area contributed by atoms with Crippen LogP contribution in [0.4, 0.5) is 0 Å². The largest absolute Gasteiger partial charge is 0.497 e. The molecule has 8 nitrogen and oxygen atoms in total. The van der Waals surface area contributed by atoms with Crippen LogP contribution in [0.1, 0.15) is 18.1 Å². The number of carbonyl (C=O) groups excluding carboxylic acids is 2. The summed E-state index contributed by atoms with van der Waals surface area (Å²) in [6.07, 6.45) is 0. The highest BCUT2D eigenvalue weighted by atomic mass is 16.7. The van der Waals surface area contributed by atoms with Gasteiger partial charge in [0.2, 0.25) is 5.91 Å². The second kappa shape index (κ2) is 9.13. The minimum Gasteiger partial charge on any atom is -0.497 e. The summed E-state index contributed by atoms with van der Waals surface area (Å²) in [5.74, 6) is -0.532. The summed E-state index contributed by atoms with van der Waals surface area (Å²) in [5, 5.41) is 1.61. The maximum absolute atomic E-state index is 13.7. The minimum atomic E-state index is -1.46. The lowest BCUT2D eigenvalue weighted by molar-refractivity contribution is -0.230. The number of benzene rings is 2. The van der Waals surface area contributed by atoms with Crippen LogP contribution in [0.15, 0.2) is 54.6 Å². The predicted octanol–water partition coefficient (Wildman–Crippen LogP) is 2.42. The van der Waals surface area contributed by atoms with Gasteiger partial charge in [-0.2, -0.15) is 5.06 Å². The lowest BCUT2D eigenvalue weighted by atomic mass is 9.77. The Hall–Kier alpha value is -2.94. The lowest BCUT2D eigenvalue weighted by Gasteiger charge is -2.43. The highest BCUT2D eigenvalue weighted by Gasteiger charge is 2.74. The first-order valence-corrected chi connectivity index (χ1v) is 10.9. The van der Waals surface area contributed by atoms with Gasteiger partial charge in [-0.25, -0.2) is 4.79 Å². The van der Waals surface area contributed by atoms with Crippen LogP contribution in [0.25, 0.3) is 0 Å². The third-order valence-corrected chi connectivity index (χ3v) is 6.74. The van der Waals surface area contributed by atoms with Gasteiger partial charge >= 0.3 is 5.97 Å². The number of amides is 1. The van der Waals surface area contributed by atoms with Crippen LogP contribution >= 0.6 is 0 Å². The molecule has 0 unspecified atom stereocenters. The number of methoxy groups -OCH3 is 2. The fraction of sp³-hybridized carbons (Fsp3) is 0.440. The van der Waals surface area contributed by atoms with Crippen molar-refractivity contribution in [2.45, 2.75) is 31.2 Å². The molecule has 0 N–H and O–H groups in total. The van der Waals surface area contributed by atoms with E-state index in [1.54, 1.807) is 31.0 Å². The number of rotatable bonds is 8. The molecule has 0 aromatic heterocycles. The van der Waals surface area contributed by atoms with Gasteiger partial charge in [-0.3, -0.25) is 9.63 Å². The van der Waals surface area contributed by atoms with Crippen molar-refractivity contribution in [1.82, 2.24) is 9.96 Å². The number of hydrogen-bond donors (Lipinski definition) is 0. The molecule has 33 heavy (non-hydrogen) atoms. The summed E-state index contributed by atoms with van der Waals surface area (Å²) in [7, 11) is 4.69. The number of ether oxygens (including phenoxy) is 3. The molecule has 3 atom stereocenters. The third-order valence-electron chi connectivity index (χ3n) is 6.74. The van der Waals surface area contributed by atoms with Crippen molar-refractivity contribution in [1.29, 1.82) is 0 Å². The van der Waals surface area contributed by atoms with E-state index >= 15 is 0 Å². The van der Waals surface area contributed by atoms with E-state index in [9.17, 15) is 9.59 Å². The zero-order chi connectivity index (χ0) is 23.6. The molecule has 2 aliphatic heterocycles. The van der Waals surface area contributed by atoms with Crippen molar-refractivity contribution in [3.05, 3.63) is 65.7 Å². The number of carbonyl (C=O) groups is 2. The van der Waals surface area contributed by atoms with Gasteiger partial charge in [-0.05, 0) is 30.2 Å². The number of nitrogens with zero attached hydrogens (tertiary/aromatic N) is 2. The number of esters is 1. The second-order valence-corrected chi connectivity index (χ2v) is 8.66. The summed E-state index contributed by atoms with van der Waals surface area (Å²) < 4.78 is 16.6. The third kappa shape index (κ3) is 3.88. The second-order valence-electron chi connectivity index (χ2n) is 8.66. The van der Waals surface area contributed by atoms with Gasteiger partial charge in [0, 0.05) is 20.1 Å². The van der Waals surface area contributed by atoms with Crippen molar-refractivity contribution in [3.8, 4) is 5.75 Å². The molecule has 0 saturated carbocycles. The molecule has 0 spiro atoms. The fourth-order valence-corrected chi connectivity index (χ4v) is 4.96. The Bertz CT molecular complexity index is 998. The van der Waals surface area contributed by atoms with Crippen LogP contribution in [0.2, 0.25) is 0 Å². The Morgan fingerprint density at radius 2 is 1.79 bits per heavy atom. The molecule has 2 aromatic carbocycles. The van der Waals surface area contributed by atoms with Crippen molar-refractivity contribution >= 4 is 11.9 Å². The van der Waals surface area contributed by atoms with E-state index in [2.05, 4.69) is 0 Å². The molecule has 0 radical (unpaired) electrons. The maximum atomic E-state index is 13.7. The molecule has 2 heterocycles. The van der Waals surface area contributed by atoms with Crippen LogP contribution in [0.5, 0.6) is 5.75 Å². The highest BCUT2D eigenvalue weighted by molar-refractivity contribution is 5.96. The van der Waals surface area contributed by atoms with Gasteiger partial charge in [0.25, 0.3) is 0 Å². The van der Waals surface area contributed by atoms with E-state index in [0.29, 0.717) is 18.9 Å². The summed E-state index contributed by atoms with van der Waals surface area (Å²) in [5.41, 5.74) is -0.773. The van der Waals surface area contributed by atoms with Gasteiger partial charge < -0.3 is 19.1 Å². The molecule has 2 saturated heterocycles. The van der Waals surface area contributed by atoms with Crippen LogP contribution in [0, 0.1) is 5.92 Å². The fourth-order valence-electron chi connectivity index (χ4n) is 4.96. The number of fused-ring (bicyclic) bond motifs is 1. The molecule has 2 aromatic rings. The van der Waals surface area contributed by atoms with Crippen molar-refractivity contribution in [3.63, 3.8) is 0 Å². The zero-order valence-corrected chi connectivity index (χ0v) is 19.4. The lowest BCUT2D eigenvalue weighted by Crippen LogP contribution is -2.66. The Morgan fingerprint density at radius 1 is 1.09 bits per heavy atom. The van der Waals surface area contributed by atoms with E-state index in [-0.39, 0.29) is 19.1 Å². The predicted molar refractivity (Wildman–Crippen MR) is 120 cm³/mol. The molecule has 176 valence electrons. The molecule has 2 aliphatic rings. The molecule has 0 aliphatic carbocycles. The normalized spacial score (nSPS) is 27.0. The van der Waals surface area contributed by atoms with Crippen molar-refractivity contribution < 1.29 is 28.6 Å². The van der Waals surface area contributed by atoms with E-state index in [0.717, 1.165) is 11.1 Å². The van der Waals surface area contributed by atoms with Crippen molar-refractivity contribution in [2.75, 3.05) is 34.4 Å². The van der Waals surface area contributed by atoms with Gasteiger partial charge in [0.1, 0.15) is 11.4 Å². The first-order valence-electron chi connectivity index (χ1n) is 10.9. The van der Waals surface area contributed by atoms with Gasteiger partial charge in [-0.15, -0.1) is 0 Å². The monoisotopic (exact) mass is 454 g/mol. The SMILES string of the molecule is COC(=O)[C@]1(COCc2ccccc2)N(Cc2ccc(OC)cc2)C(=O)[C@H]2CN(C)O[C@]21C. The summed E-state index contributed by atoms with van der Waals surface area (Å²) >= 11 is 0. The quantitative estimate of drug-likeness (QED) is 0.567.